The van der Waals surface area contributed by atoms with Crippen LogP contribution in [0.15, 0.2) is 18.5 Å². The average molecular weight is 223 g/mol. The van der Waals surface area contributed by atoms with Gasteiger partial charge < -0.3 is 15.7 Å². The number of amides is 1. The molecule has 5 nitrogen and oxygen atoms in total. The van der Waals surface area contributed by atoms with Gasteiger partial charge in [0.1, 0.15) is 5.75 Å². The zero-order chi connectivity index (χ0) is 12.1. The standard InChI is InChI=1S/C11H17N3O2/c1-8(3-5-12)14(2)11(16)9-4-6-13-7-10(9)15/h4,6-8,15H,3,5,12H2,1-2H3. The second kappa shape index (κ2) is 5.46. The van der Waals surface area contributed by atoms with Crippen LogP contribution in [0.4, 0.5) is 0 Å². The quantitative estimate of drug-likeness (QED) is 0.783. The first-order valence-electron chi connectivity index (χ1n) is 5.18. The predicted molar refractivity (Wildman–Crippen MR) is 61.1 cm³/mol. The summed E-state index contributed by atoms with van der Waals surface area (Å²) in [5.74, 6) is -0.319. The van der Waals surface area contributed by atoms with Crippen LogP contribution in [0.1, 0.15) is 23.7 Å². The fraction of sp³-hybridized carbons (Fsp3) is 0.455. The molecule has 0 fully saturated rings. The first kappa shape index (κ1) is 12.4. The van der Waals surface area contributed by atoms with Crippen LogP contribution in [-0.4, -0.2) is 40.5 Å². The molecule has 0 bridgehead atoms. The van der Waals surface area contributed by atoms with E-state index in [0.29, 0.717) is 6.54 Å². The van der Waals surface area contributed by atoms with Gasteiger partial charge in [-0.3, -0.25) is 9.78 Å². The molecule has 1 aromatic heterocycles. The van der Waals surface area contributed by atoms with Gasteiger partial charge in [0, 0.05) is 19.3 Å². The number of pyridine rings is 1. The number of carbonyl (C=O) groups is 1. The SMILES string of the molecule is CC(CCN)N(C)C(=O)c1ccncc1O. The van der Waals surface area contributed by atoms with Crippen molar-refractivity contribution in [3.8, 4) is 5.75 Å². The van der Waals surface area contributed by atoms with E-state index in [0.717, 1.165) is 6.42 Å². The molecule has 88 valence electrons. The Labute approximate surface area is 94.9 Å². The average Bonchev–Trinajstić information content (AvgIpc) is 2.28. The molecule has 1 aromatic rings. The maximum atomic E-state index is 12.0. The van der Waals surface area contributed by atoms with Crippen molar-refractivity contribution in [1.29, 1.82) is 0 Å². The van der Waals surface area contributed by atoms with E-state index in [1.54, 1.807) is 11.9 Å². The fourth-order valence-corrected chi connectivity index (χ4v) is 1.39. The molecule has 1 rings (SSSR count). The minimum atomic E-state index is -0.221. The molecule has 0 aliphatic heterocycles. The molecule has 0 saturated carbocycles. The number of aromatic nitrogens is 1. The van der Waals surface area contributed by atoms with Crippen LogP contribution in [-0.2, 0) is 0 Å². The normalized spacial score (nSPS) is 12.2. The van der Waals surface area contributed by atoms with Gasteiger partial charge in [-0.05, 0) is 26.0 Å². The van der Waals surface area contributed by atoms with Crippen molar-refractivity contribution in [2.24, 2.45) is 5.73 Å². The Morgan fingerprint density at radius 3 is 2.94 bits per heavy atom. The topological polar surface area (TPSA) is 79.5 Å². The van der Waals surface area contributed by atoms with E-state index in [1.165, 1.54) is 18.5 Å². The molecule has 3 N–H and O–H groups in total. The second-order valence-electron chi connectivity index (χ2n) is 3.74. The van der Waals surface area contributed by atoms with E-state index in [9.17, 15) is 9.90 Å². The first-order chi connectivity index (χ1) is 7.57. The molecular formula is C11H17N3O2. The van der Waals surface area contributed by atoms with E-state index in [-0.39, 0.29) is 23.3 Å². The number of rotatable bonds is 4. The highest BCUT2D eigenvalue weighted by Gasteiger charge is 2.19. The van der Waals surface area contributed by atoms with Crippen molar-refractivity contribution >= 4 is 5.91 Å². The number of aromatic hydroxyl groups is 1. The van der Waals surface area contributed by atoms with Crippen molar-refractivity contribution in [1.82, 2.24) is 9.88 Å². The monoisotopic (exact) mass is 223 g/mol. The molecule has 1 unspecified atom stereocenters. The zero-order valence-electron chi connectivity index (χ0n) is 9.55. The van der Waals surface area contributed by atoms with Crippen LogP contribution in [0.2, 0.25) is 0 Å². The van der Waals surface area contributed by atoms with Gasteiger partial charge in [0.15, 0.2) is 0 Å². The lowest BCUT2D eigenvalue weighted by Gasteiger charge is -2.24. The van der Waals surface area contributed by atoms with Crippen LogP contribution in [0.5, 0.6) is 5.75 Å². The van der Waals surface area contributed by atoms with Crippen molar-refractivity contribution < 1.29 is 9.90 Å². The Bertz CT molecular complexity index is 368. The highest BCUT2D eigenvalue weighted by Crippen LogP contribution is 2.17. The van der Waals surface area contributed by atoms with Crippen molar-refractivity contribution in [3.05, 3.63) is 24.0 Å². The minimum Gasteiger partial charge on any atom is -0.505 e. The lowest BCUT2D eigenvalue weighted by atomic mass is 10.1. The summed E-state index contributed by atoms with van der Waals surface area (Å²) in [5, 5.41) is 9.51. The highest BCUT2D eigenvalue weighted by atomic mass is 16.3. The van der Waals surface area contributed by atoms with Crippen LogP contribution in [0, 0.1) is 0 Å². The van der Waals surface area contributed by atoms with Crippen molar-refractivity contribution in [2.75, 3.05) is 13.6 Å². The van der Waals surface area contributed by atoms with Crippen molar-refractivity contribution in [2.45, 2.75) is 19.4 Å². The van der Waals surface area contributed by atoms with Gasteiger partial charge in [-0.1, -0.05) is 0 Å². The number of hydrogen-bond acceptors (Lipinski definition) is 4. The molecule has 0 aliphatic rings. The molecular weight excluding hydrogens is 206 g/mol. The molecule has 1 atom stereocenters. The largest absolute Gasteiger partial charge is 0.505 e. The van der Waals surface area contributed by atoms with Crippen LogP contribution in [0.25, 0.3) is 0 Å². The summed E-state index contributed by atoms with van der Waals surface area (Å²) in [6, 6.07) is 1.55. The molecule has 0 spiro atoms. The van der Waals surface area contributed by atoms with E-state index < -0.39 is 0 Å². The fourth-order valence-electron chi connectivity index (χ4n) is 1.39. The zero-order valence-corrected chi connectivity index (χ0v) is 9.55. The third-order valence-electron chi connectivity index (χ3n) is 2.60. The number of nitrogens with two attached hydrogens (primary N) is 1. The number of hydrogen-bond donors (Lipinski definition) is 2. The van der Waals surface area contributed by atoms with E-state index in [4.69, 9.17) is 5.73 Å². The Hall–Kier alpha value is -1.62. The van der Waals surface area contributed by atoms with Crippen LogP contribution >= 0.6 is 0 Å². The van der Waals surface area contributed by atoms with E-state index >= 15 is 0 Å². The Morgan fingerprint density at radius 2 is 2.38 bits per heavy atom. The van der Waals surface area contributed by atoms with Crippen LogP contribution in [0.3, 0.4) is 0 Å². The van der Waals surface area contributed by atoms with Gasteiger partial charge in [-0.2, -0.15) is 0 Å². The van der Waals surface area contributed by atoms with Gasteiger partial charge in [0.25, 0.3) is 5.91 Å². The smallest absolute Gasteiger partial charge is 0.257 e. The first-order valence-corrected chi connectivity index (χ1v) is 5.18. The molecule has 0 aromatic carbocycles. The minimum absolute atomic E-state index is 0.0464. The van der Waals surface area contributed by atoms with Crippen LogP contribution < -0.4 is 5.73 Å². The van der Waals surface area contributed by atoms with Gasteiger partial charge in [0.05, 0.1) is 11.8 Å². The second-order valence-corrected chi connectivity index (χ2v) is 3.74. The maximum absolute atomic E-state index is 12.0. The molecule has 0 radical (unpaired) electrons. The number of carbonyl (C=O) groups excluding carboxylic acids is 1. The molecule has 0 saturated heterocycles. The lowest BCUT2D eigenvalue weighted by Crippen LogP contribution is -2.36. The summed E-state index contributed by atoms with van der Waals surface area (Å²) in [4.78, 5) is 17.3. The Balaban J connectivity index is 2.82. The lowest BCUT2D eigenvalue weighted by molar-refractivity contribution is 0.0736. The summed E-state index contributed by atoms with van der Waals surface area (Å²) in [6.07, 6.45) is 3.47. The summed E-state index contributed by atoms with van der Waals surface area (Å²) in [5.41, 5.74) is 5.70. The van der Waals surface area contributed by atoms with E-state index in [1.807, 2.05) is 6.92 Å². The highest BCUT2D eigenvalue weighted by molar-refractivity contribution is 5.96. The Morgan fingerprint density at radius 1 is 1.69 bits per heavy atom. The summed E-state index contributed by atoms with van der Waals surface area (Å²) in [7, 11) is 1.70. The summed E-state index contributed by atoms with van der Waals surface area (Å²) >= 11 is 0. The van der Waals surface area contributed by atoms with Gasteiger partial charge in [-0.25, -0.2) is 0 Å². The summed E-state index contributed by atoms with van der Waals surface area (Å²) < 4.78 is 0. The third kappa shape index (κ3) is 2.70. The van der Waals surface area contributed by atoms with Gasteiger partial charge in [-0.15, -0.1) is 0 Å². The van der Waals surface area contributed by atoms with Crippen molar-refractivity contribution in [3.63, 3.8) is 0 Å². The molecule has 16 heavy (non-hydrogen) atoms. The van der Waals surface area contributed by atoms with Gasteiger partial charge in [0.2, 0.25) is 0 Å². The number of nitrogens with zero attached hydrogens (tertiary/aromatic N) is 2. The Kier molecular flexibility index (Phi) is 4.25. The van der Waals surface area contributed by atoms with Gasteiger partial charge >= 0.3 is 0 Å². The molecule has 0 aliphatic carbocycles. The third-order valence-corrected chi connectivity index (χ3v) is 2.60. The predicted octanol–water partition coefficient (Wildman–Crippen LogP) is 0.596. The maximum Gasteiger partial charge on any atom is 0.257 e. The molecule has 1 amide bonds. The summed E-state index contributed by atoms with van der Waals surface area (Å²) in [6.45, 7) is 2.45. The molecule has 5 heteroatoms. The van der Waals surface area contributed by atoms with E-state index in [2.05, 4.69) is 4.98 Å². The molecule has 1 heterocycles.